The van der Waals surface area contributed by atoms with Crippen molar-refractivity contribution in [1.82, 2.24) is 10.5 Å². The summed E-state index contributed by atoms with van der Waals surface area (Å²) in [6.07, 6.45) is 1.13. The Balaban J connectivity index is 2.15. The summed E-state index contributed by atoms with van der Waals surface area (Å²) < 4.78 is 4.78. The second kappa shape index (κ2) is 2.54. The van der Waals surface area contributed by atoms with E-state index in [1.165, 1.54) is 0 Å². The Hall–Kier alpha value is -1.03. The van der Waals surface area contributed by atoms with E-state index in [9.17, 15) is 0 Å². The van der Waals surface area contributed by atoms with Crippen LogP contribution >= 0.6 is 0 Å². The topological polar surface area (TPSA) is 64.1 Å². The first-order valence-electron chi connectivity index (χ1n) is 3.79. The van der Waals surface area contributed by atoms with E-state index in [-0.39, 0.29) is 0 Å². The Morgan fingerprint density at radius 1 is 1.73 bits per heavy atom. The van der Waals surface area contributed by atoms with Gasteiger partial charge in [-0.1, -0.05) is 5.16 Å². The fraction of sp³-hybridized carbons (Fsp3) is 0.571. The zero-order valence-electron chi connectivity index (χ0n) is 6.21. The van der Waals surface area contributed by atoms with Crippen molar-refractivity contribution in [3.8, 4) is 0 Å². The molecule has 4 heteroatoms. The third kappa shape index (κ3) is 1.21. The van der Waals surface area contributed by atoms with E-state index in [4.69, 9.17) is 10.3 Å². The van der Waals surface area contributed by atoms with Crippen LogP contribution in [-0.2, 0) is 0 Å². The summed E-state index contributed by atoms with van der Waals surface area (Å²) in [5, 5.41) is 7.12. The number of anilines is 1. The van der Waals surface area contributed by atoms with Gasteiger partial charge in [-0.15, -0.1) is 0 Å². The largest absolute Gasteiger partial charge is 0.368 e. The molecule has 2 heterocycles. The zero-order chi connectivity index (χ0) is 7.68. The van der Waals surface area contributed by atoms with Crippen LogP contribution in [0.2, 0.25) is 0 Å². The molecule has 60 valence electrons. The smallest absolute Gasteiger partial charge is 0.222 e. The van der Waals surface area contributed by atoms with E-state index in [2.05, 4.69) is 10.5 Å². The summed E-state index contributed by atoms with van der Waals surface area (Å²) in [4.78, 5) is 0. The van der Waals surface area contributed by atoms with Crippen molar-refractivity contribution in [1.29, 1.82) is 0 Å². The molecule has 1 aliphatic heterocycles. The van der Waals surface area contributed by atoms with E-state index >= 15 is 0 Å². The summed E-state index contributed by atoms with van der Waals surface area (Å²) in [6.45, 7) is 2.06. The van der Waals surface area contributed by atoms with Gasteiger partial charge in [-0.3, -0.25) is 0 Å². The molecule has 3 N–H and O–H groups in total. The molecule has 4 nitrogen and oxygen atoms in total. The van der Waals surface area contributed by atoms with E-state index in [0.717, 1.165) is 25.2 Å². The van der Waals surface area contributed by atoms with Gasteiger partial charge in [0.1, 0.15) is 0 Å². The van der Waals surface area contributed by atoms with Gasteiger partial charge in [-0.25, -0.2) is 0 Å². The molecular weight excluding hydrogens is 142 g/mol. The van der Waals surface area contributed by atoms with Crippen molar-refractivity contribution in [2.45, 2.75) is 12.3 Å². The van der Waals surface area contributed by atoms with Crippen molar-refractivity contribution >= 4 is 5.88 Å². The predicted octanol–water partition coefficient (Wildman–Crippen LogP) is 0.334. The standard InChI is InChI=1S/C7H11N3O/c8-7-3-6(10-11-7)5-1-2-9-4-5/h3,5,9H,1-2,4,8H2. The molecule has 0 amide bonds. The van der Waals surface area contributed by atoms with Gasteiger partial charge in [0.05, 0.1) is 5.69 Å². The number of hydrogen-bond acceptors (Lipinski definition) is 4. The van der Waals surface area contributed by atoms with E-state index in [1.54, 1.807) is 6.07 Å². The summed E-state index contributed by atoms with van der Waals surface area (Å²) in [7, 11) is 0. The molecule has 0 spiro atoms. The fourth-order valence-electron chi connectivity index (χ4n) is 1.40. The molecule has 11 heavy (non-hydrogen) atoms. The third-order valence-corrected chi connectivity index (χ3v) is 2.03. The lowest BCUT2D eigenvalue weighted by molar-refractivity contribution is 0.421. The van der Waals surface area contributed by atoms with Crippen LogP contribution < -0.4 is 11.1 Å². The molecule has 0 saturated carbocycles. The van der Waals surface area contributed by atoms with Crippen LogP contribution in [0.4, 0.5) is 5.88 Å². The van der Waals surface area contributed by atoms with Crippen LogP contribution in [0.25, 0.3) is 0 Å². The van der Waals surface area contributed by atoms with Crippen LogP contribution in [-0.4, -0.2) is 18.2 Å². The van der Waals surface area contributed by atoms with E-state index < -0.39 is 0 Å². The maximum atomic E-state index is 5.40. The maximum absolute atomic E-state index is 5.40. The number of aromatic nitrogens is 1. The molecule has 1 aliphatic rings. The minimum absolute atomic E-state index is 0.409. The number of hydrogen-bond donors (Lipinski definition) is 2. The van der Waals surface area contributed by atoms with Crippen LogP contribution in [0.15, 0.2) is 10.6 Å². The normalized spacial score (nSPS) is 24.2. The van der Waals surface area contributed by atoms with Crippen molar-refractivity contribution in [2.24, 2.45) is 0 Å². The number of nitrogen functional groups attached to an aromatic ring is 1. The Labute approximate surface area is 64.7 Å². The highest BCUT2D eigenvalue weighted by Crippen LogP contribution is 2.22. The summed E-state index contributed by atoms with van der Waals surface area (Å²) in [5.41, 5.74) is 6.38. The first kappa shape index (κ1) is 6.67. The van der Waals surface area contributed by atoms with Gasteiger partial charge in [0.2, 0.25) is 5.88 Å². The molecule has 1 saturated heterocycles. The highest BCUT2D eigenvalue weighted by Gasteiger charge is 2.19. The van der Waals surface area contributed by atoms with Gasteiger partial charge < -0.3 is 15.6 Å². The Morgan fingerprint density at radius 3 is 3.18 bits per heavy atom. The average molecular weight is 153 g/mol. The molecule has 0 aromatic carbocycles. The molecular formula is C7H11N3O. The van der Waals surface area contributed by atoms with Gasteiger partial charge in [0, 0.05) is 18.5 Å². The van der Waals surface area contributed by atoms with Gasteiger partial charge >= 0.3 is 0 Å². The second-order valence-corrected chi connectivity index (χ2v) is 2.84. The molecule has 2 rings (SSSR count). The first-order chi connectivity index (χ1) is 5.36. The molecule has 0 bridgehead atoms. The van der Waals surface area contributed by atoms with Crippen LogP contribution in [0.3, 0.4) is 0 Å². The number of nitrogens with one attached hydrogen (secondary N) is 1. The molecule has 1 aromatic heterocycles. The van der Waals surface area contributed by atoms with Crippen LogP contribution in [0, 0.1) is 0 Å². The van der Waals surface area contributed by atoms with E-state index in [1.807, 2.05) is 0 Å². The number of nitrogens with two attached hydrogens (primary N) is 1. The highest BCUT2D eigenvalue weighted by atomic mass is 16.5. The molecule has 0 aliphatic carbocycles. The number of nitrogens with zero attached hydrogens (tertiary/aromatic N) is 1. The van der Waals surface area contributed by atoms with Crippen molar-refractivity contribution in [3.05, 3.63) is 11.8 Å². The van der Waals surface area contributed by atoms with E-state index in [0.29, 0.717) is 11.8 Å². The van der Waals surface area contributed by atoms with Gasteiger partial charge in [0.25, 0.3) is 0 Å². The SMILES string of the molecule is Nc1cc(C2CCNC2)no1. The minimum Gasteiger partial charge on any atom is -0.368 e. The molecule has 0 radical (unpaired) electrons. The molecule has 1 unspecified atom stereocenters. The quantitative estimate of drug-likeness (QED) is 0.610. The van der Waals surface area contributed by atoms with Crippen LogP contribution in [0.5, 0.6) is 0 Å². The Bertz CT molecular complexity index is 240. The highest BCUT2D eigenvalue weighted by molar-refractivity contribution is 5.26. The monoisotopic (exact) mass is 153 g/mol. The fourth-order valence-corrected chi connectivity index (χ4v) is 1.40. The lowest BCUT2D eigenvalue weighted by Gasteiger charge is -1.99. The number of rotatable bonds is 1. The lowest BCUT2D eigenvalue weighted by Crippen LogP contribution is -2.07. The lowest BCUT2D eigenvalue weighted by atomic mass is 10.1. The minimum atomic E-state index is 0.409. The zero-order valence-corrected chi connectivity index (χ0v) is 6.21. The predicted molar refractivity (Wildman–Crippen MR) is 41.1 cm³/mol. The Morgan fingerprint density at radius 2 is 2.64 bits per heavy atom. The van der Waals surface area contributed by atoms with Gasteiger partial charge in [-0.2, -0.15) is 0 Å². The average Bonchev–Trinajstić information content (AvgIpc) is 2.55. The first-order valence-corrected chi connectivity index (χ1v) is 3.79. The summed E-state index contributed by atoms with van der Waals surface area (Å²) in [5.74, 6) is 0.906. The third-order valence-electron chi connectivity index (χ3n) is 2.03. The van der Waals surface area contributed by atoms with Crippen molar-refractivity contribution in [2.75, 3.05) is 18.8 Å². The second-order valence-electron chi connectivity index (χ2n) is 2.84. The summed E-state index contributed by atoms with van der Waals surface area (Å²) >= 11 is 0. The maximum Gasteiger partial charge on any atom is 0.222 e. The Kier molecular flexibility index (Phi) is 1.54. The summed E-state index contributed by atoms with van der Waals surface area (Å²) in [6, 6.07) is 1.80. The van der Waals surface area contributed by atoms with Crippen molar-refractivity contribution in [3.63, 3.8) is 0 Å². The molecule has 1 atom stereocenters. The van der Waals surface area contributed by atoms with Gasteiger partial charge in [-0.05, 0) is 13.0 Å². The molecule has 1 fully saturated rings. The molecule has 1 aromatic rings. The van der Waals surface area contributed by atoms with Crippen molar-refractivity contribution < 1.29 is 4.52 Å². The van der Waals surface area contributed by atoms with Gasteiger partial charge in [0.15, 0.2) is 0 Å². The van der Waals surface area contributed by atoms with Crippen LogP contribution in [0.1, 0.15) is 18.0 Å².